The van der Waals surface area contributed by atoms with Crippen molar-refractivity contribution < 1.29 is 14.7 Å². The maximum Gasteiger partial charge on any atom is 0.317 e. The summed E-state index contributed by atoms with van der Waals surface area (Å²) >= 11 is 0. The second-order valence-electron chi connectivity index (χ2n) is 4.93. The van der Waals surface area contributed by atoms with Gasteiger partial charge < -0.3 is 15.3 Å². The van der Waals surface area contributed by atoms with Crippen LogP contribution in [0, 0.1) is 5.92 Å². The second-order valence-corrected chi connectivity index (χ2v) is 4.93. The molecule has 0 bridgehead atoms. The summed E-state index contributed by atoms with van der Waals surface area (Å²) < 4.78 is 0. The Morgan fingerprint density at radius 2 is 2.00 bits per heavy atom. The molecule has 1 heterocycles. The molecule has 5 nitrogen and oxygen atoms in total. The number of carboxylic acid groups (broad SMARTS) is 1. The molecule has 0 aromatic rings. The third-order valence-electron chi connectivity index (χ3n) is 3.81. The maximum absolute atomic E-state index is 11.8. The Kier molecular flexibility index (Phi) is 3.86. The zero-order valence-electron chi connectivity index (χ0n) is 10.0. The molecule has 1 saturated carbocycles. The molecule has 96 valence electrons. The van der Waals surface area contributed by atoms with Crippen LogP contribution >= 0.6 is 0 Å². The number of carbonyl (C=O) groups is 2. The summed E-state index contributed by atoms with van der Waals surface area (Å²) in [5.41, 5.74) is 0. The number of nitrogens with zero attached hydrogens (tertiary/aromatic N) is 1. The number of rotatable bonds is 2. The molecule has 2 aliphatic rings. The first-order valence-corrected chi connectivity index (χ1v) is 6.47. The molecule has 0 aromatic carbocycles. The van der Waals surface area contributed by atoms with Crippen molar-refractivity contribution in [1.29, 1.82) is 0 Å². The number of carbonyl (C=O) groups excluding carboxylic acids is 1. The first-order valence-electron chi connectivity index (χ1n) is 6.47. The SMILES string of the molecule is O=C(O)C1CCCCCC1N1CCCNC1=O. The number of urea groups is 1. The molecule has 2 rings (SSSR count). The molecule has 5 heteroatoms. The number of hydrogen-bond donors (Lipinski definition) is 2. The molecule has 0 radical (unpaired) electrons. The van der Waals surface area contributed by atoms with Gasteiger partial charge in [-0.1, -0.05) is 19.3 Å². The molecule has 1 saturated heterocycles. The zero-order valence-corrected chi connectivity index (χ0v) is 10.0. The molecular formula is C12H20N2O3. The number of aliphatic carboxylic acids is 1. The number of nitrogens with one attached hydrogen (secondary N) is 1. The molecule has 1 aliphatic carbocycles. The van der Waals surface area contributed by atoms with Crippen molar-refractivity contribution in [3.63, 3.8) is 0 Å². The van der Waals surface area contributed by atoms with Gasteiger partial charge in [0, 0.05) is 19.1 Å². The molecule has 2 atom stereocenters. The monoisotopic (exact) mass is 240 g/mol. The van der Waals surface area contributed by atoms with Gasteiger partial charge in [-0.25, -0.2) is 4.79 Å². The van der Waals surface area contributed by atoms with Crippen molar-refractivity contribution in [2.45, 2.75) is 44.6 Å². The molecule has 2 unspecified atom stereocenters. The fraction of sp³-hybridized carbons (Fsp3) is 0.833. The molecule has 0 spiro atoms. The van der Waals surface area contributed by atoms with Gasteiger partial charge >= 0.3 is 12.0 Å². The highest BCUT2D eigenvalue weighted by Gasteiger charge is 2.36. The van der Waals surface area contributed by atoms with E-state index in [9.17, 15) is 14.7 Å². The van der Waals surface area contributed by atoms with Crippen LogP contribution in [-0.2, 0) is 4.79 Å². The molecule has 2 fully saturated rings. The van der Waals surface area contributed by atoms with Crippen LogP contribution in [-0.4, -0.2) is 41.1 Å². The van der Waals surface area contributed by atoms with Gasteiger partial charge in [-0.2, -0.15) is 0 Å². The summed E-state index contributed by atoms with van der Waals surface area (Å²) in [4.78, 5) is 24.8. The summed E-state index contributed by atoms with van der Waals surface area (Å²) in [5.74, 6) is -1.14. The lowest BCUT2D eigenvalue weighted by molar-refractivity contribution is -0.144. The average Bonchev–Trinajstić information content (AvgIpc) is 2.55. The van der Waals surface area contributed by atoms with E-state index in [1.54, 1.807) is 4.90 Å². The van der Waals surface area contributed by atoms with Crippen molar-refractivity contribution in [3.05, 3.63) is 0 Å². The topological polar surface area (TPSA) is 69.6 Å². The van der Waals surface area contributed by atoms with Crippen LogP contribution in [0.15, 0.2) is 0 Å². The van der Waals surface area contributed by atoms with Crippen molar-refractivity contribution in [3.8, 4) is 0 Å². The fourth-order valence-electron chi connectivity index (χ4n) is 2.91. The van der Waals surface area contributed by atoms with Crippen LogP contribution in [0.25, 0.3) is 0 Å². The average molecular weight is 240 g/mol. The van der Waals surface area contributed by atoms with Crippen molar-refractivity contribution >= 4 is 12.0 Å². The third kappa shape index (κ3) is 2.70. The van der Waals surface area contributed by atoms with E-state index in [1.165, 1.54) is 0 Å². The number of hydrogen-bond acceptors (Lipinski definition) is 2. The van der Waals surface area contributed by atoms with Gasteiger partial charge in [0.1, 0.15) is 0 Å². The molecule has 1 aliphatic heterocycles. The Balaban J connectivity index is 2.13. The van der Waals surface area contributed by atoms with Gasteiger partial charge in [0.15, 0.2) is 0 Å². The Morgan fingerprint density at radius 1 is 1.24 bits per heavy atom. The minimum absolute atomic E-state index is 0.0885. The standard InChI is InChI=1S/C12H20N2O3/c15-11(16)9-5-2-1-3-6-10(9)14-8-4-7-13-12(14)17/h9-10H,1-8H2,(H,13,17)(H,15,16). The van der Waals surface area contributed by atoms with Crippen LogP contribution in [0.1, 0.15) is 38.5 Å². The van der Waals surface area contributed by atoms with Crippen LogP contribution in [0.5, 0.6) is 0 Å². The highest BCUT2D eigenvalue weighted by Crippen LogP contribution is 2.28. The minimum atomic E-state index is -0.754. The van der Waals surface area contributed by atoms with Crippen LogP contribution in [0.2, 0.25) is 0 Å². The van der Waals surface area contributed by atoms with E-state index in [2.05, 4.69) is 5.32 Å². The normalized spacial score (nSPS) is 30.6. The first-order chi connectivity index (χ1) is 8.20. The lowest BCUT2D eigenvalue weighted by Gasteiger charge is -2.37. The van der Waals surface area contributed by atoms with E-state index in [-0.39, 0.29) is 18.0 Å². The van der Waals surface area contributed by atoms with E-state index in [1.807, 2.05) is 0 Å². The minimum Gasteiger partial charge on any atom is -0.481 e. The van der Waals surface area contributed by atoms with Gasteiger partial charge in [0.05, 0.1) is 5.92 Å². The van der Waals surface area contributed by atoms with Gasteiger partial charge in [0.2, 0.25) is 0 Å². The first kappa shape index (κ1) is 12.2. The molecule has 0 aromatic heterocycles. The fourth-order valence-corrected chi connectivity index (χ4v) is 2.91. The summed E-state index contributed by atoms with van der Waals surface area (Å²) in [6.07, 6.45) is 5.50. The zero-order chi connectivity index (χ0) is 12.3. The predicted octanol–water partition coefficient (Wildman–Crippen LogP) is 1.44. The molecule has 17 heavy (non-hydrogen) atoms. The Bertz CT molecular complexity index is 306. The van der Waals surface area contributed by atoms with Gasteiger partial charge in [-0.3, -0.25) is 4.79 Å². The highest BCUT2D eigenvalue weighted by atomic mass is 16.4. The molecule has 2 amide bonds. The Morgan fingerprint density at radius 3 is 2.71 bits per heavy atom. The predicted molar refractivity (Wildman–Crippen MR) is 62.7 cm³/mol. The summed E-state index contributed by atoms with van der Waals surface area (Å²) in [5, 5.41) is 12.1. The maximum atomic E-state index is 11.8. The van der Waals surface area contributed by atoms with Gasteiger partial charge in [-0.15, -0.1) is 0 Å². The summed E-state index contributed by atoms with van der Waals surface area (Å²) in [6.45, 7) is 1.40. The van der Waals surface area contributed by atoms with E-state index < -0.39 is 5.97 Å². The molecular weight excluding hydrogens is 220 g/mol. The summed E-state index contributed by atoms with van der Waals surface area (Å²) in [6, 6.07) is -0.204. The Hall–Kier alpha value is -1.26. The van der Waals surface area contributed by atoms with Gasteiger partial charge in [-0.05, 0) is 19.3 Å². The van der Waals surface area contributed by atoms with Crippen LogP contribution in [0.4, 0.5) is 4.79 Å². The smallest absolute Gasteiger partial charge is 0.317 e. The number of amides is 2. The van der Waals surface area contributed by atoms with Crippen molar-refractivity contribution in [2.24, 2.45) is 5.92 Å². The molecule has 2 N–H and O–H groups in total. The van der Waals surface area contributed by atoms with Crippen LogP contribution < -0.4 is 5.32 Å². The van der Waals surface area contributed by atoms with E-state index in [4.69, 9.17) is 0 Å². The van der Waals surface area contributed by atoms with E-state index in [0.29, 0.717) is 19.5 Å². The van der Waals surface area contributed by atoms with Crippen molar-refractivity contribution in [2.75, 3.05) is 13.1 Å². The largest absolute Gasteiger partial charge is 0.481 e. The summed E-state index contributed by atoms with van der Waals surface area (Å²) in [7, 11) is 0. The van der Waals surface area contributed by atoms with E-state index >= 15 is 0 Å². The second kappa shape index (κ2) is 5.38. The van der Waals surface area contributed by atoms with Crippen molar-refractivity contribution in [1.82, 2.24) is 10.2 Å². The highest BCUT2D eigenvalue weighted by molar-refractivity contribution is 5.77. The van der Waals surface area contributed by atoms with Gasteiger partial charge in [0.25, 0.3) is 0 Å². The lowest BCUT2D eigenvalue weighted by atomic mass is 9.93. The lowest BCUT2D eigenvalue weighted by Crippen LogP contribution is -2.54. The quantitative estimate of drug-likeness (QED) is 0.717. The Labute approximate surface area is 101 Å². The van der Waals surface area contributed by atoms with E-state index in [0.717, 1.165) is 32.1 Å². The number of carboxylic acids is 1. The van der Waals surface area contributed by atoms with Crippen LogP contribution in [0.3, 0.4) is 0 Å². The third-order valence-corrected chi connectivity index (χ3v) is 3.81.